The standard InChI is InChI=1S/C23H24F2N2O2/c24-20-6-7-22(25)21(13-20)19-12-18(17-4-2-1-3-5-17)14-27(15-19)23(28)16-26-8-10-29-11-9-26/h1-7,12-13,18H,8-11,14-16H2. The number of hydrogen-bond donors (Lipinski definition) is 0. The van der Waals surface area contributed by atoms with Crippen LogP contribution in [0.5, 0.6) is 0 Å². The molecule has 6 heteroatoms. The molecule has 0 radical (unpaired) electrons. The van der Waals surface area contributed by atoms with Crippen molar-refractivity contribution in [1.29, 1.82) is 0 Å². The monoisotopic (exact) mass is 398 g/mol. The van der Waals surface area contributed by atoms with Gasteiger partial charge in [0.1, 0.15) is 11.6 Å². The molecule has 1 amide bonds. The highest BCUT2D eigenvalue weighted by Gasteiger charge is 2.28. The van der Waals surface area contributed by atoms with Crippen molar-refractivity contribution in [2.75, 3.05) is 45.9 Å². The molecule has 2 aliphatic rings. The SMILES string of the molecule is O=C(CN1CCOCC1)N1CC(c2cc(F)ccc2F)=CC(c2ccccc2)C1. The van der Waals surface area contributed by atoms with E-state index in [1.54, 1.807) is 4.90 Å². The molecule has 0 spiro atoms. The summed E-state index contributed by atoms with van der Waals surface area (Å²) in [6.45, 7) is 3.80. The summed E-state index contributed by atoms with van der Waals surface area (Å²) in [5.41, 5.74) is 1.90. The van der Waals surface area contributed by atoms with E-state index in [1.165, 1.54) is 6.07 Å². The summed E-state index contributed by atoms with van der Waals surface area (Å²) in [5, 5.41) is 0. The highest BCUT2D eigenvalue weighted by Crippen LogP contribution is 2.31. The predicted molar refractivity (Wildman–Crippen MR) is 107 cm³/mol. The lowest BCUT2D eigenvalue weighted by atomic mass is 9.89. The minimum absolute atomic E-state index is 0.00441. The van der Waals surface area contributed by atoms with Crippen molar-refractivity contribution in [2.24, 2.45) is 0 Å². The van der Waals surface area contributed by atoms with E-state index < -0.39 is 11.6 Å². The van der Waals surface area contributed by atoms with E-state index in [9.17, 15) is 13.6 Å². The van der Waals surface area contributed by atoms with Crippen LogP contribution in [0.15, 0.2) is 54.6 Å². The van der Waals surface area contributed by atoms with Crippen molar-refractivity contribution < 1.29 is 18.3 Å². The second-order valence-electron chi connectivity index (χ2n) is 7.50. The zero-order chi connectivity index (χ0) is 20.2. The second kappa shape index (κ2) is 8.84. The number of halogens is 2. The fourth-order valence-corrected chi connectivity index (χ4v) is 3.92. The number of hydrogen-bond acceptors (Lipinski definition) is 3. The third-order valence-electron chi connectivity index (χ3n) is 5.50. The van der Waals surface area contributed by atoms with Crippen molar-refractivity contribution in [3.05, 3.63) is 77.4 Å². The molecule has 2 aromatic rings. The van der Waals surface area contributed by atoms with Crippen molar-refractivity contribution >= 4 is 11.5 Å². The molecule has 4 rings (SSSR count). The molecule has 2 aliphatic heterocycles. The summed E-state index contributed by atoms with van der Waals surface area (Å²) in [4.78, 5) is 16.9. The largest absolute Gasteiger partial charge is 0.379 e. The first-order chi connectivity index (χ1) is 14.1. The maximum absolute atomic E-state index is 14.5. The Balaban J connectivity index is 1.61. The number of rotatable bonds is 4. The Bertz CT molecular complexity index is 895. The summed E-state index contributed by atoms with van der Waals surface area (Å²) in [6, 6.07) is 13.3. The smallest absolute Gasteiger partial charge is 0.237 e. The van der Waals surface area contributed by atoms with Gasteiger partial charge in [-0.3, -0.25) is 9.69 Å². The molecule has 0 saturated carbocycles. The number of carbonyl (C=O) groups is 1. The number of ether oxygens (including phenoxy) is 1. The van der Waals surface area contributed by atoms with Gasteiger partial charge < -0.3 is 9.64 Å². The molecular formula is C23H24F2N2O2. The third kappa shape index (κ3) is 4.71. The van der Waals surface area contributed by atoms with E-state index in [4.69, 9.17) is 4.74 Å². The molecule has 2 aromatic carbocycles. The molecule has 4 nitrogen and oxygen atoms in total. The van der Waals surface area contributed by atoms with Gasteiger partial charge >= 0.3 is 0 Å². The van der Waals surface area contributed by atoms with Crippen LogP contribution in [-0.2, 0) is 9.53 Å². The summed E-state index contributed by atoms with van der Waals surface area (Å²) in [7, 11) is 0. The Labute approximate surface area is 169 Å². The van der Waals surface area contributed by atoms with Crippen LogP contribution in [0.25, 0.3) is 5.57 Å². The van der Waals surface area contributed by atoms with Gasteiger partial charge in [0.15, 0.2) is 0 Å². The summed E-state index contributed by atoms with van der Waals surface area (Å²) in [5.74, 6) is -1.05. The van der Waals surface area contributed by atoms with Gasteiger partial charge in [-0.15, -0.1) is 0 Å². The quantitative estimate of drug-likeness (QED) is 0.792. The van der Waals surface area contributed by atoms with Crippen molar-refractivity contribution in [1.82, 2.24) is 9.80 Å². The molecule has 29 heavy (non-hydrogen) atoms. The van der Waals surface area contributed by atoms with Crippen LogP contribution in [0, 0.1) is 11.6 Å². The van der Waals surface area contributed by atoms with Crippen LogP contribution < -0.4 is 0 Å². The Hall–Kier alpha value is -2.57. The topological polar surface area (TPSA) is 32.8 Å². The molecule has 0 aromatic heterocycles. The molecule has 0 aliphatic carbocycles. The lowest BCUT2D eigenvalue weighted by Crippen LogP contribution is -2.47. The van der Waals surface area contributed by atoms with Crippen LogP contribution in [0.3, 0.4) is 0 Å². The van der Waals surface area contributed by atoms with Gasteiger partial charge in [0, 0.05) is 37.7 Å². The van der Waals surface area contributed by atoms with E-state index in [0.29, 0.717) is 31.9 Å². The Morgan fingerprint density at radius 2 is 1.83 bits per heavy atom. The van der Waals surface area contributed by atoms with Crippen LogP contribution in [-0.4, -0.2) is 61.6 Å². The van der Waals surface area contributed by atoms with E-state index in [0.717, 1.165) is 30.8 Å². The summed E-state index contributed by atoms with van der Waals surface area (Å²) >= 11 is 0. The first-order valence-corrected chi connectivity index (χ1v) is 9.89. The van der Waals surface area contributed by atoms with E-state index in [-0.39, 0.29) is 23.9 Å². The minimum atomic E-state index is -0.490. The first-order valence-electron chi connectivity index (χ1n) is 9.89. The predicted octanol–water partition coefficient (Wildman–Crippen LogP) is 3.31. The number of amides is 1. The van der Waals surface area contributed by atoms with Gasteiger partial charge in [-0.1, -0.05) is 36.4 Å². The van der Waals surface area contributed by atoms with Crippen molar-refractivity contribution in [2.45, 2.75) is 5.92 Å². The second-order valence-corrected chi connectivity index (χ2v) is 7.50. The Morgan fingerprint density at radius 1 is 1.07 bits per heavy atom. The molecule has 1 saturated heterocycles. The van der Waals surface area contributed by atoms with E-state index in [2.05, 4.69) is 4.90 Å². The highest BCUT2D eigenvalue weighted by molar-refractivity contribution is 5.82. The zero-order valence-electron chi connectivity index (χ0n) is 16.2. The maximum Gasteiger partial charge on any atom is 0.237 e. The average Bonchev–Trinajstić information content (AvgIpc) is 2.76. The minimum Gasteiger partial charge on any atom is -0.379 e. The summed E-state index contributed by atoms with van der Waals surface area (Å²) in [6.07, 6.45) is 1.96. The lowest BCUT2D eigenvalue weighted by Gasteiger charge is -2.35. The highest BCUT2D eigenvalue weighted by atomic mass is 19.1. The lowest BCUT2D eigenvalue weighted by molar-refractivity contribution is -0.133. The Morgan fingerprint density at radius 3 is 2.59 bits per heavy atom. The van der Waals surface area contributed by atoms with E-state index in [1.807, 2.05) is 36.4 Å². The fourth-order valence-electron chi connectivity index (χ4n) is 3.92. The van der Waals surface area contributed by atoms with Gasteiger partial charge in [0.05, 0.1) is 19.8 Å². The van der Waals surface area contributed by atoms with Crippen molar-refractivity contribution in [3.63, 3.8) is 0 Å². The third-order valence-corrected chi connectivity index (χ3v) is 5.50. The van der Waals surface area contributed by atoms with Crippen LogP contribution >= 0.6 is 0 Å². The number of morpholine rings is 1. The summed E-state index contributed by atoms with van der Waals surface area (Å²) < 4.78 is 33.6. The first kappa shape index (κ1) is 19.7. The van der Waals surface area contributed by atoms with Gasteiger partial charge in [0.2, 0.25) is 5.91 Å². The van der Waals surface area contributed by atoms with Crippen LogP contribution in [0.2, 0.25) is 0 Å². The zero-order valence-corrected chi connectivity index (χ0v) is 16.2. The maximum atomic E-state index is 14.5. The molecule has 152 valence electrons. The van der Waals surface area contributed by atoms with Gasteiger partial charge in [0.25, 0.3) is 0 Å². The molecule has 1 unspecified atom stereocenters. The fraction of sp³-hybridized carbons (Fsp3) is 0.348. The van der Waals surface area contributed by atoms with Gasteiger partial charge in [-0.05, 0) is 29.3 Å². The normalized spacial score (nSPS) is 20.4. The number of carbonyl (C=O) groups excluding carboxylic acids is 1. The average molecular weight is 398 g/mol. The number of nitrogens with zero attached hydrogens (tertiary/aromatic N) is 2. The molecular weight excluding hydrogens is 374 g/mol. The van der Waals surface area contributed by atoms with Gasteiger partial charge in [-0.25, -0.2) is 8.78 Å². The van der Waals surface area contributed by atoms with E-state index >= 15 is 0 Å². The Kier molecular flexibility index (Phi) is 6.02. The molecule has 1 fully saturated rings. The molecule has 0 bridgehead atoms. The number of benzene rings is 2. The molecule has 1 atom stereocenters. The van der Waals surface area contributed by atoms with Gasteiger partial charge in [-0.2, -0.15) is 0 Å². The van der Waals surface area contributed by atoms with Crippen LogP contribution in [0.1, 0.15) is 17.0 Å². The van der Waals surface area contributed by atoms with Crippen LogP contribution in [0.4, 0.5) is 8.78 Å². The molecule has 0 N–H and O–H groups in total. The molecule has 2 heterocycles. The van der Waals surface area contributed by atoms with Crippen molar-refractivity contribution in [3.8, 4) is 0 Å².